The molecule has 108 heavy (non-hydrogen) atoms. The first-order valence-corrected chi connectivity index (χ1v) is 41.4. The molecule has 578 valence electrons. The lowest BCUT2D eigenvalue weighted by atomic mass is 9.70. The lowest BCUT2D eigenvalue weighted by Crippen LogP contribution is -2.19. The van der Waals surface area contributed by atoms with Crippen molar-refractivity contribution in [1.29, 1.82) is 0 Å². The second-order valence-corrected chi connectivity index (χ2v) is 34.8. The van der Waals surface area contributed by atoms with Crippen molar-refractivity contribution in [2.24, 2.45) is 69.5 Å². The Kier molecular flexibility index (Phi) is 31.0. The molecule has 0 heterocycles. The minimum atomic E-state index is -0.0757. The van der Waals surface area contributed by atoms with Crippen LogP contribution in [0.15, 0.2) is 218 Å². The summed E-state index contributed by atoms with van der Waals surface area (Å²) in [5, 5.41) is 0. The molecule has 0 bridgehead atoms. The summed E-state index contributed by atoms with van der Waals surface area (Å²) in [5.41, 5.74) is 75.6. The zero-order chi connectivity index (χ0) is 78.2. The summed E-state index contributed by atoms with van der Waals surface area (Å²) in [6.45, 7) is 36.0. The van der Waals surface area contributed by atoms with Crippen molar-refractivity contribution in [3.63, 3.8) is 0 Å². The van der Waals surface area contributed by atoms with Crippen LogP contribution in [0.5, 0.6) is 0 Å². The summed E-state index contributed by atoms with van der Waals surface area (Å²) < 4.78 is 0. The van der Waals surface area contributed by atoms with Gasteiger partial charge in [0.2, 0.25) is 0 Å². The van der Waals surface area contributed by atoms with Crippen LogP contribution in [0, 0.1) is 23.7 Å². The molecular formula is C100H138N8. The van der Waals surface area contributed by atoms with Crippen molar-refractivity contribution in [1.82, 2.24) is 0 Å². The van der Waals surface area contributed by atoms with E-state index in [1.807, 2.05) is 0 Å². The van der Waals surface area contributed by atoms with Crippen LogP contribution in [0.1, 0.15) is 370 Å². The van der Waals surface area contributed by atoms with Gasteiger partial charge in [-0.2, -0.15) is 0 Å². The van der Waals surface area contributed by atoms with Crippen molar-refractivity contribution in [3.8, 4) is 0 Å². The highest BCUT2D eigenvalue weighted by Gasteiger charge is 2.34. The van der Waals surface area contributed by atoms with Crippen molar-refractivity contribution in [2.45, 2.75) is 270 Å². The molecule has 8 heteroatoms. The van der Waals surface area contributed by atoms with Gasteiger partial charge in [-0.3, -0.25) is 0 Å². The molecule has 16 unspecified atom stereocenters. The van der Waals surface area contributed by atoms with E-state index in [4.69, 9.17) is 45.9 Å². The molecule has 0 aromatic heterocycles. The van der Waals surface area contributed by atoms with Gasteiger partial charge in [-0.25, -0.2) is 0 Å². The fraction of sp³-hybridized carbons (Fsp3) is 0.460. The maximum atomic E-state index is 6.66. The topological polar surface area (TPSA) is 208 Å². The van der Waals surface area contributed by atoms with Gasteiger partial charge in [0.25, 0.3) is 0 Å². The molecule has 0 aliphatic heterocycles. The van der Waals surface area contributed by atoms with E-state index < -0.39 is 0 Å². The Bertz CT molecular complexity index is 3560. The van der Waals surface area contributed by atoms with Crippen molar-refractivity contribution < 1.29 is 0 Å². The smallest absolute Gasteiger partial charge is 0.0266 e. The summed E-state index contributed by atoms with van der Waals surface area (Å²) in [5.74, 6) is 3.82. The first-order chi connectivity index (χ1) is 51.4. The predicted octanol–water partition coefficient (Wildman–Crippen LogP) is 24.0. The third-order valence-corrected chi connectivity index (χ3v) is 24.8. The largest absolute Gasteiger partial charge is 0.324 e. The molecule has 0 aliphatic carbocycles. The minimum Gasteiger partial charge on any atom is -0.324 e. The third-order valence-electron chi connectivity index (χ3n) is 24.8. The Hall–Kier alpha value is -7.34. The highest BCUT2D eigenvalue weighted by Crippen LogP contribution is 2.50. The van der Waals surface area contributed by atoms with Crippen LogP contribution < -0.4 is 45.9 Å². The Balaban J connectivity index is 1.26. The standard InChI is InChI=1S/C100H138N8/c1-61(2)97(87-45-25-77(26-46-87)69(13)105)57-93(83-33-17-73(18-34-83)65(9)101)53-91(54-94(84-35-19-74(20-36-84)66(10)102)58-98(62(3)4)88-47-27-78(28-48-88)70(14)106)81-41-43-82(44-42-81)92(55-95(85-37-21-75(22-38-85)67(11)103)59-99(63(5)6)89-49-29-79(30-50-89)71(15)107)56-96(86-39-23-76(24-40-86)68(12)104)60-100(64(7)8)90-51-31-80(32-52-90)72(16)108/h17-52,61-72,91-100H,53-60,101-108H2,1-16H3. The zero-order valence-electron chi connectivity index (χ0n) is 68.8. The van der Waals surface area contributed by atoms with Crippen LogP contribution in [0.2, 0.25) is 0 Å². The van der Waals surface area contributed by atoms with E-state index in [1.54, 1.807) is 0 Å². The molecule has 9 aromatic carbocycles. The normalized spacial score (nSPS) is 17.2. The predicted molar refractivity (Wildman–Crippen MR) is 462 cm³/mol. The second kappa shape index (κ2) is 39.5. The van der Waals surface area contributed by atoms with Gasteiger partial charge in [-0.05, 0) is 290 Å². The Morgan fingerprint density at radius 3 is 0.333 bits per heavy atom. The monoisotopic (exact) mass is 1450 g/mol. The van der Waals surface area contributed by atoms with Crippen LogP contribution in [0.3, 0.4) is 0 Å². The molecule has 9 rings (SSSR count). The maximum absolute atomic E-state index is 6.66. The fourth-order valence-electron chi connectivity index (χ4n) is 17.5. The van der Waals surface area contributed by atoms with Crippen LogP contribution in [0.4, 0.5) is 0 Å². The van der Waals surface area contributed by atoms with Crippen molar-refractivity contribution >= 4 is 0 Å². The molecule has 16 atom stereocenters. The van der Waals surface area contributed by atoms with Gasteiger partial charge in [0, 0.05) is 48.3 Å². The third kappa shape index (κ3) is 22.9. The number of hydrogen-bond acceptors (Lipinski definition) is 8. The van der Waals surface area contributed by atoms with Crippen LogP contribution in [-0.4, -0.2) is 0 Å². The summed E-state index contributed by atoms with van der Waals surface area (Å²) >= 11 is 0. The van der Waals surface area contributed by atoms with Gasteiger partial charge in [0.1, 0.15) is 0 Å². The lowest BCUT2D eigenvalue weighted by molar-refractivity contribution is 0.360. The summed E-state index contributed by atoms with van der Waals surface area (Å²) in [6, 6.07) is 84.2. The Morgan fingerprint density at radius 1 is 0.139 bits per heavy atom. The number of hydrogen-bond donors (Lipinski definition) is 8. The van der Waals surface area contributed by atoms with E-state index >= 15 is 0 Å². The Morgan fingerprint density at radius 2 is 0.231 bits per heavy atom. The molecule has 16 N–H and O–H groups in total. The molecule has 9 aromatic rings. The average Bonchev–Trinajstić information content (AvgIpc) is 0.792. The quantitative estimate of drug-likeness (QED) is 0.0186. The van der Waals surface area contributed by atoms with Crippen LogP contribution >= 0.6 is 0 Å². The van der Waals surface area contributed by atoms with Gasteiger partial charge < -0.3 is 45.9 Å². The molecule has 0 saturated heterocycles. The van der Waals surface area contributed by atoms with Gasteiger partial charge >= 0.3 is 0 Å². The molecule has 0 fully saturated rings. The van der Waals surface area contributed by atoms with E-state index in [0.717, 1.165) is 95.9 Å². The van der Waals surface area contributed by atoms with Crippen molar-refractivity contribution in [3.05, 3.63) is 319 Å². The van der Waals surface area contributed by atoms with E-state index in [9.17, 15) is 0 Å². The molecule has 8 nitrogen and oxygen atoms in total. The summed E-state index contributed by atoms with van der Waals surface area (Å²) in [6.07, 6.45) is 7.75. The van der Waals surface area contributed by atoms with Crippen LogP contribution in [0.25, 0.3) is 0 Å². The molecule has 0 radical (unpaired) electrons. The van der Waals surface area contributed by atoms with E-state index in [0.29, 0.717) is 47.3 Å². The first-order valence-electron chi connectivity index (χ1n) is 41.4. The molecule has 0 aliphatic rings. The highest BCUT2D eigenvalue weighted by atomic mass is 14.6. The van der Waals surface area contributed by atoms with Gasteiger partial charge in [-0.15, -0.1) is 0 Å². The summed E-state index contributed by atoms with van der Waals surface area (Å²) in [4.78, 5) is 0. The van der Waals surface area contributed by atoms with Crippen molar-refractivity contribution in [2.75, 3.05) is 0 Å². The average molecular weight is 1450 g/mol. The van der Waals surface area contributed by atoms with Gasteiger partial charge in [0.15, 0.2) is 0 Å². The number of benzene rings is 9. The van der Waals surface area contributed by atoms with E-state index in [2.05, 4.69) is 329 Å². The zero-order valence-corrected chi connectivity index (χ0v) is 68.8. The fourth-order valence-corrected chi connectivity index (χ4v) is 17.5. The SMILES string of the molecule is CC(N)c1ccc(C(CC(CC(CC(c2ccc(C(C)N)cc2)C(C)C)c2ccc(C(C)N)cc2)c2ccc(C(CC(CC(c3ccc(C(C)N)cc3)C(C)C)c3ccc(C(C)N)cc3)CC(CC(c3ccc(C(C)N)cc3)C(C)C)c3ccc(C(C)N)cc3)cc2)CC(c2ccc(C(C)N)cc2)C(C)C)cc1. The molecule has 0 spiro atoms. The number of rotatable bonds is 38. The lowest BCUT2D eigenvalue weighted by Gasteiger charge is -2.35. The van der Waals surface area contributed by atoms with E-state index in [-0.39, 0.29) is 83.8 Å². The Labute approximate surface area is 653 Å². The van der Waals surface area contributed by atoms with Gasteiger partial charge in [0.05, 0.1) is 0 Å². The summed E-state index contributed by atoms with van der Waals surface area (Å²) in [7, 11) is 0. The minimum absolute atomic E-state index is 0.0421. The van der Waals surface area contributed by atoms with Gasteiger partial charge in [-0.1, -0.05) is 274 Å². The maximum Gasteiger partial charge on any atom is 0.0266 e. The molecule has 0 amide bonds. The first kappa shape index (κ1) is 84.7. The van der Waals surface area contributed by atoms with E-state index in [1.165, 1.54) is 55.6 Å². The van der Waals surface area contributed by atoms with Crippen LogP contribution in [-0.2, 0) is 0 Å². The second-order valence-electron chi connectivity index (χ2n) is 34.8. The molecule has 0 saturated carbocycles. The highest BCUT2D eigenvalue weighted by molar-refractivity contribution is 5.40. The molecular weight excluding hydrogens is 1310 g/mol. The number of nitrogens with two attached hydrogens (primary N) is 8.